The molecule has 0 bridgehead atoms. The van der Waals surface area contributed by atoms with Crippen molar-refractivity contribution in [2.45, 2.75) is 44.2 Å². The monoisotopic (exact) mass is 240 g/mol. The van der Waals surface area contributed by atoms with E-state index in [1.165, 1.54) is 12.8 Å². The molecular weight excluding hydrogens is 216 g/mol. The zero-order chi connectivity index (χ0) is 12.4. The summed E-state index contributed by atoms with van der Waals surface area (Å²) in [6.07, 6.45) is 5.17. The van der Waals surface area contributed by atoms with Crippen LogP contribution in [0.25, 0.3) is 0 Å². The maximum absolute atomic E-state index is 10.9. The van der Waals surface area contributed by atoms with Crippen LogP contribution in [0.2, 0.25) is 0 Å². The number of carboxylic acid groups (broad SMARTS) is 1. The summed E-state index contributed by atoms with van der Waals surface area (Å²) >= 11 is 0. The van der Waals surface area contributed by atoms with Gasteiger partial charge in [-0.25, -0.2) is 0 Å². The summed E-state index contributed by atoms with van der Waals surface area (Å²) in [4.78, 5) is 15.7. The van der Waals surface area contributed by atoms with Crippen molar-refractivity contribution in [3.05, 3.63) is 0 Å². The summed E-state index contributed by atoms with van der Waals surface area (Å²) in [6, 6.07) is 1.27. The van der Waals surface area contributed by atoms with Crippen LogP contribution in [-0.4, -0.2) is 60.1 Å². The molecule has 98 valence electrons. The molecule has 2 aliphatic rings. The van der Waals surface area contributed by atoms with Crippen LogP contribution in [0, 0.1) is 5.92 Å². The third-order valence-electron chi connectivity index (χ3n) is 4.05. The Balaban J connectivity index is 1.93. The molecule has 0 radical (unpaired) electrons. The first-order valence-corrected chi connectivity index (χ1v) is 6.70. The molecule has 1 saturated carbocycles. The highest BCUT2D eigenvalue weighted by Crippen LogP contribution is 2.38. The van der Waals surface area contributed by atoms with Crippen molar-refractivity contribution in [3.8, 4) is 0 Å². The summed E-state index contributed by atoms with van der Waals surface area (Å²) in [5.41, 5.74) is 0. The molecular formula is C13H24N2O2. The first-order valence-electron chi connectivity index (χ1n) is 6.70. The standard InChI is InChI=1S/C13H24N2O2/c1-14(2)7-6-12-10(9-13(16)17)5-8-15(12)11-3-4-11/h10-12H,3-9H2,1-2H3,(H,16,17)/t10-,12-/m1/s1. The fraction of sp³-hybridized carbons (Fsp3) is 0.923. The van der Waals surface area contributed by atoms with Crippen LogP contribution in [-0.2, 0) is 4.79 Å². The predicted octanol–water partition coefficient (Wildman–Crippen LogP) is 1.27. The van der Waals surface area contributed by atoms with Crippen LogP contribution >= 0.6 is 0 Å². The van der Waals surface area contributed by atoms with Crippen molar-refractivity contribution >= 4 is 5.97 Å². The van der Waals surface area contributed by atoms with Gasteiger partial charge in [0.15, 0.2) is 0 Å². The molecule has 4 heteroatoms. The van der Waals surface area contributed by atoms with E-state index in [0.717, 1.165) is 32.0 Å². The van der Waals surface area contributed by atoms with Gasteiger partial charge in [-0.05, 0) is 58.8 Å². The smallest absolute Gasteiger partial charge is 0.303 e. The number of nitrogens with zero attached hydrogens (tertiary/aromatic N) is 2. The van der Waals surface area contributed by atoms with Gasteiger partial charge in [-0.15, -0.1) is 0 Å². The Labute approximate surface area is 104 Å². The second-order valence-electron chi connectivity index (χ2n) is 5.77. The Hall–Kier alpha value is -0.610. The third kappa shape index (κ3) is 3.42. The summed E-state index contributed by atoms with van der Waals surface area (Å²) in [7, 11) is 4.17. The Morgan fingerprint density at radius 1 is 1.35 bits per heavy atom. The van der Waals surface area contributed by atoms with Gasteiger partial charge in [-0.2, -0.15) is 0 Å². The lowest BCUT2D eigenvalue weighted by Crippen LogP contribution is -2.37. The lowest BCUT2D eigenvalue weighted by Gasteiger charge is -2.28. The largest absolute Gasteiger partial charge is 0.481 e. The van der Waals surface area contributed by atoms with Gasteiger partial charge in [-0.1, -0.05) is 0 Å². The fourth-order valence-electron chi connectivity index (χ4n) is 3.06. The number of rotatable bonds is 6. The van der Waals surface area contributed by atoms with Gasteiger partial charge in [-0.3, -0.25) is 9.69 Å². The quantitative estimate of drug-likeness (QED) is 0.759. The Morgan fingerprint density at radius 2 is 2.06 bits per heavy atom. The molecule has 0 aromatic carbocycles. The van der Waals surface area contributed by atoms with E-state index in [4.69, 9.17) is 5.11 Å². The van der Waals surface area contributed by atoms with E-state index in [1.54, 1.807) is 0 Å². The molecule has 4 nitrogen and oxygen atoms in total. The molecule has 2 fully saturated rings. The van der Waals surface area contributed by atoms with Crippen LogP contribution in [0.3, 0.4) is 0 Å². The minimum absolute atomic E-state index is 0.349. The second kappa shape index (κ2) is 5.36. The van der Waals surface area contributed by atoms with Gasteiger partial charge in [0.05, 0.1) is 0 Å². The van der Waals surface area contributed by atoms with E-state index < -0.39 is 5.97 Å². The molecule has 1 aliphatic heterocycles. The van der Waals surface area contributed by atoms with Crippen LogP contribution in [0.4, 0.5) is 0 Å². The predicted molar refractivity (Wildman–Crippen MR) is 67.0 cm³/mol. The van der Waals surface area contributed by atoms with E-state index in [-0.39, 0.29) is 0 Å². The SMILES string of the molecule is CN(C)CC[C@@H]1[C@@H](CC(=O)O)CCN1C1CC1. The molecule has 17 heavy (non-hydrogen) atoms. The summed E-state index contributed by atoms with van der Waals surface area (Å²) in [5, 5.41) is 8.98. The van der Waals surface area contributed by atoms with E-state index in [1.807, 2.05) is 0 Å². The molecule has 0 unspecified atom stereocenters. The lowest BCUT2D eigenvalue weighted by atomic mass is 9.94. The van der Waals surface area contributed by atoms with Gasteiger partial charge in [0.1, 0.15) is 0 Å². The molecule has 1 N–H and O–H groups in total. The van der Waals surface area contributed by atoms with Crippen molar-refractivity contribution in [2.24, 2.45) is 5.92 Å². The number of hydrogen-bond acceptors (Lipinski definition) is 3. The zero-order valence-corrected chi connectivity index (χ0v) is 10.9. The third-order valence-corrected chi connectivity index (χ3v) is 4.05. The maximum atomic E-state index is 10.9. The van der Waals surface area contributed by atoms with Crippen molar-refractivity contribution < 1.29 is 9.90 Å². The van der Waals surface area contributed by atoms with Crippen LogP contribution < -0.4 is 0 Å². The van der Waals surface area contributed by atoms with Gasteiger partial charge in [0.25, 0.3) is 0 Å². The van der Waals surface area contributed by atoms with Gasteiger partial charge >= 0.3 is 5.97 Å². The molecule has 0 aromatic heterocycles. The fourth-order valence-corrected chi connectivity index (χ4v) is 3.06. The van der Waals surface area contributed by atoms with Crippen LogP contribution in [0.5, 0.6) is 0 Å². The summed E-state index contributed by atoms with van der Waals surface area (Å²) in [6.45, 7) is 2.17. The van der Waals surface area contributed by atoms with Crippen molar-refractivity contribution in [1.29, 1.82) is 0 Å². The summed E-state index contributed by atoms with van der Waals surface area (Å²) < 4.78 is 0. The van der Waals surface area contributed by atoms with Crippen molar-refractivity contribution in [1.82, 2.24) is 9.80 Å². The van der Waals surface area contributed by atoms with E-state index in [2.05, 4.69) is 23.9 Å². The van der Waals surface area contributed by atoms with Crippen LogP contribution in [0.1, 0.15) is 32.1 Å². The Kier molecular flexibility index (Phi) is 4.05. The highest BCUT2D eigenvalue weighted by Gasteiger charge is 2.42. The molecule has 2 atom stereocenters. The van der Waals surface area contributed by atoms with E-state index >= 15 is 0 Å². The highest BCUT2D eigenvalue weighted by atomic mass is 16.4. The Bertz CT molecular complexity index is 277. The number of likely N-dealkylation sites (tertiary alicyclic amines) is 1. The highest BCUT2D eigenvalue weighted by molar-refractivity contribution is 5.67. The van der Waals surface area contributed by atoms with Gasteiger partial charge in [0, 0.05) is 18.5 Å². The molecule has 2 rings (SSSR count). The maximum Gasteiger partial charge on any atom is 0.303 e. The molecule has 1 heterocycles. The number of carboxylic acids is 1. The topological polar surface area (TPSA) is 43.8 Å². The van der Waals surface area contributed by atoms with E-state index in [0.29, 0.717) is 18.4 Å². The lowest BCUT2D eigenvalue weighted by molar-refractivity contribution is -0.138. The second-order valence-corrected chi connectivity index (χ2v) is 5.77. The molecule has 1 aliphatic carbocycles. The Morgan fingerprint density at radius 3 is 2.59 bits per heavy atom. The van der Waals surface area contributed by atoms with Gasteiger partial charge < -0.3 is 10.0 Å². The molecule has 1 saturated heterocycles. The normalized spacial score (nSPS) is 30.1. The van der Waals surface area contributed by atoms with Crippen molar-refractivity contribution in [3.63, 3.8) is 0 Å². The van der Waals surface area contributed by atoms with Crippen molar-refractivity contribution in [2.75, 3.05) is 27.2 Å². The molecule has 0 aromatic rings. The molecule has 0 spiro atoms. The number of carbonyl (C=O) groups is 1. The minimum Gasteiger partial charge on any atom is -0.481 e. The number of hydrogen-bond donors (Lipinski definition) is 1. The first-order chi connectivity index (χ1) is 8.08. The summed E-state index contributed by atoms with van der Waals surface area (Å²) in [5.74, 6) is -0.268. The zero-order valence-electron chi connectivity index (χ0n) is 10.9. The van der Waals surface area contributed by atoms with E-state index in [9.17, 15) is 4.79 Å². The average Bonchev–Trinajstić information content (AvgIpc) is 2.99. The minimum atomic E-state index is -0.637. The van der Waals surface area contributed by atoms with Gasteiger partial charge in [0.2, 0.25) is 0 Å². The average molecular weight is 240 g/mol. The molecule has 0 amide bonds. The first kappa shape index (κ1) is 12.8. The number of aliphatic carboxylic acids is 1. The van der Waals surface area contributed by atoms with Crippen LogP contribution in [0.15, 0.2) is 0 Å².